The molecule has 0 unspecified atom stereocenters. The van der Waals surface area contributed by atoms with Gasteiger partial charge in [0.2, 0.25) is 0 Å². The van der Waals surface area contributed by atoms with Gasteiger partial charge in [0.25, 0.3) is 0 Å². The lowest BCUT2D eigenvalue weighted by Crippen LogP contribution is -2.12. The number of nitrogens with two attached hydrogens (primary N) is 1. The van der Waals surface area contributed by atoms with Crippen molar-refractivity contribution >= 4 is 13.4 Å². The highest BCUT2D eigenvalue weighted by molar-refractivity contribution is 6.19. The largest absolute Gasteiger partial charge is 0.539 e. The minimum absolute atomic E-state index is 0.0869. The topological polar surface area (TPSA) is 44.5 Å². The Balaban J connectivity index is 1.53. The fourth-order valence-electron chi connectivity index (χ4n) is 3.02. The van der Waals surface area contributed by atoms with E-state index in [1.807, 2.05) is 36.4 Å². The van der Waals surface area contributed by atoms with E-state index in [1.54, 1.807) is 0 Å². The van der Waals surface area contributed by atoms with Gasteiger partial charge in [-0.05, 0) is 46.5 Å². The zero-order valence-corrected chi connectivity index (χ0v) is 12.6. The van der Waals surface area contributed by atoms with Crippen LogP contribution < -0.4 is 10.4 Å². The van der Waals surface area contributed by atoms with E-state index in [2.05, 4.69) is 36.4 Å². The van der Waals surface area contributed by atoms with E-state index >= 15 is 0 Å². The standard InChI is InChI=1S/C19H16BNO2/c21-13-9-11-14(12-10-13)22-20-23-19-17-7-3-1-5-15(17)16-6-2-4-8-18(16)19/h1-12,19-20H,21H2. The molecule has 112 valence electrons. The third-order valence-corrected chi connectivity index (χ3v) is 4.12. The molecule has 2 N–H and O–H groups in total. The summed E-state index contributed by atoms with van der Waals surface area (Å²) >= 11 is 0. The Kier molecular flexibility index (Phi) is 3.52. The predicted molar refractivity (Wildman–Crippen MR) is 93.4 cm³/mol. The number of hydrogen-bond acceptors (Lipinski definition) is 3. The van der Waals surface area contributed by atoms with Crippen LogP contribution in [0, 0.1) is 0 Å². The van der Waals surface area contributed by atoms with Crippen molar-refractivity contribution in [2.75, 3.05) is 5.73 Å². The molecule has 23 heavy (non-hydrogen) atoms. The first-order valence-corrected chi connectivity index (χ1v) is 7.61. The lowest BCUT2D eigenvalue weighted by atomic mass is 10.1. The number of rotatable bonds is 4. The van der Waals surface area contributed by atoms with E-state index in [-0.39, 0.29) is 13.8 Å². The molecular formula is C19H16BNO2. The zero-order valence-electron chi connectivity index (χ0n) is 12.6. The van der Waals surface area contributed by atoms with Gasteiger partial charge >= 0.3 is 7.69 Å². The fraction of sp³-hybridized carbons (Fsp3) is 0.0526. The van der Waals surface area contributed by atoms with E-state index < -0.39 is 0 Å². The summed E-state index contributed by atoms with van der Waals surface area (Å²) in [5, 5.41) is 0. The first kappa shape index (κ1) is 13.9. The lowest BCUT2D eigenvalue weighted by Gasteiger charge is -2.15. The Labute approximate surface area is 136 Å². The van der Waals surface area contributed by atoms with Crippen LogP contribution in [0.4, 0.5) is 5.69 Å². The number of anilines is 1. The molecular weight excluding hydrogens is 285 g/mol. The third kappa shape index (κ3) is 2.58. The molecule has 3 nitrogen and oxygen atoms in total. The molecule has 0 aliphatic heterocycles. The second-order valence-electron chi connectivity index (χ2n) is 5.55. The van der Waals surface area contributed by atoms with E-state index in [4.69, 9.17) is 15.0 Å². The van der Waals surface area contributed by atoms with Crippen molar-refractivity contribution in [3.8, 4) is 16.9 Å². The first-order valence-electron chi connectivity index (χ1n) is 7.61. The van der Waals surface area contributed by atoms with Crippen LogP contribution in [0.25, 0.3) is 11.1 Å². The van der Waals surface area contributed by atoms with Crippen LogP contribution in [0.3, 0.4) is 0 Å². The maximum atomic E-state index is 6.04. The normalized spacial score (nSPS) is 12.5. The maximum Gasteiger partial charge on any atom is 0.507 e. The van der Waals surface area contributed by atoms with Crippen LogP contribution >= 0.6 is 0 Å². The summed E-state index contributed by atoms with van der Waals surface area (Å²) in [7, 11) is 0.192. The molecule has 1 aliphatic carbocycles. The highest BCUT2D eigenvalue weighted by Gasteiger charge is 2.28. The summed E-state index contributed by atoms with van der Waals surface area (Å²) in [4.78, 5) is 0. The van der Waals surface area contributed by atoms with Crippen molar-refractivity contribution in [2.45, 2.75) is 6.10 Å². The SMILES string of the molecule is Nc1ccc(OBOC2c3ccccc3-c3ccccc32)cc1. The van der Waals surface area contributed by atoms with Crippen LogP contribution in [0.15, 0.2) is 72.8 Å². The zero-order chi connectivity index (χ0) is 15.6. The molecule has 0 atom stereocenters. The van der Waals surface area contributed by atoms with Gasteiger partial charge < -0.3 is 15.0 Å². The molecule has 0 heterocycles. The van der Waals surface area contributed by atoms with Gasteiger partial charge in [0.1, 0.15) is 5.75 Å². The van der Waals surface area contributed by atoms with Crippen LogP contribution in [-0.4, -0.2) is 7.69 Å². The van der Waals surface area contributed by atoms with Crippen LogP contribution in [0.5, 0.6) is 5.75 Å². The van der Waals surface area contributed by atoms with E-state index in [1.165, 1.54) is 22.3 Å². The smallest absolute Gasteiger partial charge is 0.507 e. The monoisotopic (exact) mass is 301 g/mol. The molecule has 4 heteroatoms. The molecule has 0 aromatic heterocycles. The fourth-order valence-corrected chi connectivity index (χ4v) is 3.02. The van der Waals surface area contributed by atoms with Crippen molar-refractivity contribution in [3.05, 3.63) is 83.9 Å². The molecule has 0 radical (unpaired) electrons. The van der Waals surface area contributed by atoms with Crippen molar-refractivity contribution in [1.29, 1.82) is 0 Å². The van der Waals surface area contributed by atoms with Crippen molar-refractivity contribution < 1.29 is 9.31 Å². The van der Waals surface area contributed by atoms with Crippen molar-refractivity contribution in [3.63, 3.8) is 0 Å². The minimum atomic E-state index is -0.0869. The van der Waals surface area contributed by atoms with Crippen molar-refractivity contribution in [1.82, 2.24) is 0 Å². The summed E-state index contributed by atoms with van der Waals surface area (Å²) in [5.41, 5.74) is 11.2. The van der Waals surface area contributed by atoms with E-state index in [0.29, 0.717) is 0 Å². The molecule has 0 amide bonds. The Bertz CT molecular complexity index is 787. The average molecular weight is 301 g/mol. The van der Waals surface area contributed by atoms with Gasteiger partial charge in [0.05, 0.1) is 6.10 Å². The summed E-state index contributed by atoms with van der Waals surface area (Å²) in [6.45, 7) is 0. The third-order valence-electron chi connectivity index (χ3n) is 4.12. The van der Waals surface area contributed by atoms with Gasteiger partial charge in [-0.15, -0.1) is 0 Å². The number of benzene rings is 3. The second kappa shape index (κ2) is 5.82. The molecule has 0 saturated carbocycles. The molecule has 1 aliphatic rings. The predicted octanol–water partition coefficient (Wildman–Crippen LogP) is 3.70. The first-order chi connectivity index (χ1) is 11.3. The van der Waals surface area contributed by atoms with Crippen LogP contribution in [0.2, 0.25) is 0 Å². The summed E-state index contributed by atoms with van der Waals surface area (Å²) in [6, 6.07) is 24.0. The van der Waals surface area contributed by atoms with E-state index in [0.717, 1.165) is 11.4 Å². The summed E-state index contributed by atoms with van der Waals surface area (Å²) in [5.74, 6) is 0.749. The molecule has 4 rings (SSSR count). The lowest BCUT2D eigenvalue weighted by molar-refractivity contribution is 0.231. The minimum Gasteiger partial charge on any atom is -0.539 e. The Morgan fingerprint density at radius 1 is 0.739 bits per heavy atom. The Morgan fingerprint density at radius 3 is 1.91 bits per heavy atom. The van der Waals surface area contributed by atoms with Crippen LogP contribution in [-0.2, 0) is 4.65 Å². The van der Waals surface area contributed by atoms with Gasteiger partial charge in [0.15, 0.2) is 0 Å². The van der Waals surface area contributed by atoms with Crippen LogP contribution in [0.1, 0.15) is 17.2 Å². The van der Waals surface area contributed by atoms with Crippen molar-refractivity contribution in [2.24, 2.45) is 0 Å². The molecule has 0 bridgehead atoms. The molecule has 0 spiro atoms. The maximum absolute atomic E-state index is 6.04. The Morgan fingerprint density at radius 2 is 1.30 bits per heavy atom. The quantitative estimate of drug-likeness (QED) is 0.590. The average Bonchev–Trinajstić information content (AvgIpc) is 2.91. The molecule has 0 saturated heterocycles. The number of fused-ring (bicyclic) bond motifs is 3. The molecule has 3 aromatic rings. The summed E-state index contributed by atoms with van der Waals surface area (Å²) in [6.07, 6.45) is -0.0869. The van der Waals surface area contributed by atoms with E-state index in [9.17, 15) is 0 Å². The van der Waals surface area contributed by atoms with Gasteiger partial charge in [-0.2, -0.15) is 0 Å². The molecule has 3 aromatic carbocycles. The summed E-state index contributed by atoms with van der Waals surface area (Å²) < 4.78 is 11.7. The van der Waals surface area contributed by atoms with Gasteiger partial charge in [0, 0.05) is 5.69 Å². The van der Waals surface area contributed by atoms with Gasteiger partial charge in [-0.3, -0.25) is 0 Å². The molecule has 0 fully saturated rings. The highest BCUT2D eigenvalue weighted by atomic mass is 16.6. The Hall–Kier alpha value is -2.72. The number of hydrogen-bond donors (Lipinski definition) is 1. The van der Waals surface area contributed by atoms with Gasteiger partial charge in [-0.25, -0.2) is 0 Å². The second-order valence-corrected chi connectivity index (χ2v) is 5.55. The number of nitrogen functional groups attached to an aromatic ring is 1. The highest BCUT2D eigenvalue weighted by Crippen LogP contribution is 2.44. The van der Waals surface area contributed by atoms with Gasteiger partial charge in [-0.1, -0.05) is 48.5 Å².